The molecule has 112 valence electrons. The molecule has 0 saturated carbocycles. The Bertz CT molecular complexity index is 419. The van der Waals surface area contributed by atoms with Gasteiger partial charge in [-0.05, 0) is 66.0 Å². The van der Waals surface area contributed by atoms with Crippen LogP contribution in [0.4, 0.5) is 0 Å². The van der Waals surface area contributed by atoms with E-state index in [1.807, 2.05) is 6.07 Å². The Kier molecular flexibility index (Phi) is 6.33. The van der Waals surface area contributed by atoms with Gasteiger partial charge in [-0.15, -0.1) is 0 Å². The molecule has 1 saturated heterocycles. The van der Waals surface area contributed by atoms with Gasteiger partial charge in [0.15, 0.2) is 0 Å². The molecule has 0 aromatic heterocycles. The first kappa shape index (κ1) is 15.8. The number of hydrogen-bond donors (Lipinski definition) is 1. The van der Waals surface area contributed by atoms with Gasteiger partial charge in [0.05, 0.1) is 11.6 Å². The molecule has 0 radical (unpaired) electrons. The van der Waals surface area contributed by atoms with Gasteiger partial charge in [-0.3, -0.25) is 4.90 Å². The number of hydrogen-bond acceptors (Lipinski definition) is 3. The Hall–Kier alpha value is -0.580. The van der Waals surface area contributed by atoms with Gasteiger partial charge in [0, 0.05) is 19.1 Å². The number of rotatable bonds is 6. The molecule has 1 N–H and O–H groups in total. The second-order valence-electron chi connectivity index (χ2n) is 5.44. The molecule has 2 rings (SSSR count). The smallest absolute Gasteiger partial charge is 0.133 e. The van der Waals surface area contributed by atoms with Crippen molar-refractivity contribution in [3.8, 4) is 5.75 Å². The normalized spacial score (nSPS) is 19.3. The summed E-state index contributed by atoms with van der Waals surface area (Å²) in [6, 6.07) is 7.06. The first-order valence-electron chi connectivity index (χ1n) is 7.51. The van der Waals surface area contributed by atoms with Gasteiger partial charge < -0.3 is 10.1 Å². The molecule has 20 heavy (non-hydrogen) atoms. The average molecular weight is 341 g/mol. The van der Waals surface area contributed by atoms with Crippen LogP contribution in [0.1, 0.15) is 31.7 Å². The van der Waals surface area contributed by atoms with Crippen LogP contribution in [0.25, 0.3) is 0 Å². The van der Waals surface area contributed by atoms with Crippen LogP contribution in [0, 0.1) is 0 Å². The summed E-state index contributed by atoms with van der Waals surface area (Å²) in [6.45, 7) is 6.73. The molecule has 1 aliphatic rings. The molecule has 1 aromatic rings. The Morgan fingerprint density at radius 2 is 2.30 bits per heavy atom. The van der Waals surface area contributed by atoms with E-state index in [0.29, 0.717) is 6.04 Å². The molecule has 0 aliphatic carbocycles. The molecule has 3 nitrogen and oxygen atoms in total. The van der Waals surface area contributed by atoms with Crippen LogP contribution in [0.5, 0.6) is 5.75 Å². The lowest BCUT2D eigenvalue weighted by atomic mass is 10.0. The van der Waals surface area contributed by atoms with Crippen LogP contribution in [-0.2, 0) is 6.54 Å². The van der Waals surface area contributed by atoms with Gasteiger partial charge in [-0.1, -0.05) is 13.0 Å². The Morgan fingerprint density at radius 3 is 2.90 bits per heavy atom. The first-order chi connectivity index (χ1) is 9.74. The quantitative estimate of drug-likeness (QED) is 0.858. The van der Waals surface area contributed by atoms with Gasteiger partial charge in [-0.2, -0.15) is 0 Å². The molecule has 1 aromatic carbocycles. The van der Waals surface area contributed by atoms with Gasteiger partial charge >= 0.3 is 0 Å². The van der Waals surface area contributed by atoms with Crippen molar-refractivity contribution >= 4 is 15.9 Å². The second-order valence-corrected chi connectivity index (χ2v) is 6.29. The number of nitrogens with one attached hydrogen (secondary N) is 1. The number of halogens is 1. The zero-order valence-corrected chi connectivity index (χ0v) is 14.1. The monoisotopic (exact) mass is 340 g/mol. The summed E-state index contributed by atoms with van der Waals surface area (Å²) in [4.78, 5) is 2.61. The SMILES string of the molecule is CCCN(Cc1ccc(OC)c(Br)c1)C1CCCNC1. The maximum Gasteiger partial charge on any atom is 0.133 e. The number of piperidine rings is 1. The van der Waals surface area contributed by atoms with Gasteiger partial charge in [0.2, 0.25) is 0 Å². The fraction of sp³-hybridized carbons (Fsp3) is 0.625. The van der Waals surface area contributed by atoms with E-state index in [0.717, 1.165) is 29.9 Å². The third-order valence-corrected chi connectivity index (χ3v) is 4.52. The fourth-order valence-corrected chi connectivity index (χ4v) is 3.45. The maximum atomic E-state index is 5.30. The van der Waals surface area contributed by atoms with Crippen molar-refractivity contribution < 1.29 is 4.74 Å². The topological polar surface area (TPSA) is 24.5 Å². The van der Waals surface area contributed by atoms with E-state index in [-0.39, 0.29) is 0 Å². The van der Waals surface area contributed by atoms with Crippen LogP contribution < -0.4 is 10.1 Å². The summed E-state index contributed by atoms with van der Waals surface area (Å²) in [5.41, 5.74) is 1.34. The molecule has 1 atom stereocenters. The van der Waals surface area contributed by atoms with Crippen LogP contribution in [0.3, 0.4) is 0 Å². The van der Waals surface area contributed by atoms with E-state index >= 15 is 0 Å². The van der Waals surface area contributed by atoms with Crippen LogP contribution >= 0.6 is 15.9 Å². The molecule has 1 heterocycles. The summed E-state index contributed by atoms with van der Waals surface area (Å²) in [5.74, 6) is 0.898. The summed E-state index contributed by atoms with van der Waals surface area (Å²) in [5, 5.41) is 3.52. The Morgan fingerprint density at radius 1 is 1.45 bits per heavy atom. The predicted molar refractivity (Wildman–Crippen MR) is 87.3 cm³/mol. The highest BCUT2D eigenvalue weighted by Gasteiger charge is 2.20. The molecule has 1 unspecified atom stereocenters. The molecular weight excluding hydrogens is 316 g/mol. The van der Waals surface area contributed by atoms with Crippen LogP contribution in [-0.4, -0.2) is 37.7 Å². The van der Waals surface area contributed by atoms with Gasteiger partial charge in [0.25, 0.3) is 0 Å². The van der Waals surface area contributed by atoms with E-state index < -0.39 is 0 Å². The van der Waals surface area contributed by atoms with Crippen molar-refractivity contribution in [1.29, 1.82) is 0 Å². The van der Waals surface area contributed by atoms with Crippen LogP contribution in [0.15, 0.2) is 22.7 Å². The summed E-state index contributed by atoms with van der Waals surface area (Å²) in [6.07, 6.45) is 3.80. The largest absolute Gasteiger partial charge is 0.496 e. The maximum absolute atomic E-state index is 5.30. The van der Waals surface area contributed by atoms with Crippen molar-refractivity contribution in [2.45, 2.75) is 38.8 Å². The lowest BCUT2D eigenvalue weighted by Crippen LogP contribution is -2.45. The van der Waals surface area contributed by atoms with Crippen molar-refractivity contribution in [2.24, 2.45) is 0 Å². The highest BCUT2D eigenvalue weighted by atomic mass is 79.9. The zero-order valence-electron chi connectivity index (χ0n) is 12.5. The third kappa shape index (κ3) is 4.21. The number of benzene rings is 1. The second kappa shape index (κ2) is 8.01. The van der Waals surface area contributed by atoms with Crippen molar-refractivity contribution in [3.05, 3.63) is 28.2 Å². The average Bonchev–Trinajstić information content (AvgIpc) is 2.48. The van der Waals surface area contributed by atoms with E-state index in [2.05, 4.69) is 45.2 Å². The van der Waals surface area contributed by atoms with Crippen molar-refractivity contribution in [2.75, 3.05) is 26.7 Å². The molecule has 1 aliphatic heterocycles. The third-order valence-electron chi connectivity index (χ3n) is 3.90. The van der Waals surface area contributed by atoms with Crippen molar-refractivity contribution in [1.82, 2.24) is 10.2 Å². The van der Waals surface area contributed by atoms with Gasteiger partial charge in [0.1, 0.15) is 5.75 Å². The molecule has 4 heteroatoms. The molecule has 0 amide bonds. The lowest BCUT2D eigenvalue weighted by Gasteiger charge is -2.34. The molecular formula is C16H25BrN2O. The van der Waals surface area contributed by atoms with E-state index in [4.69, 9.17) is 4.74 Å². The zero-order chi connectivity index (χ0) is 14.4. The highest BCUT2D eigenvalue weighted by molar-refractivity contribution is 9.10. The fourth-order valence-electron chi connectivity index (χ4n) is 2.87. The predicted octanol–water partition coefficient (Wildman–Crippen LogP) is 3.42. The number of ether oxygens (including phenoxy) is 1. The number of methoxy groups -OCH3 is 1. The van der Waals surface area contributed by atoms with Crippen molar-refractivity contribution in [3.63, 3.8) is 0 Å². The minimum atomic E-state index is 0.671. The van der Waals surface area contributed by atoms with E-state index in [1.54, 1.807) is 7.11 Å². The van der Waals surface area contributed by atoms with E-state index in [9.17, 15) is 0 Å². The minimum Gasteiger partial charge on any atom is -0.496 e. The summed E-state index contributed by atoms with van der Waals surface area (Å²) in [7, 11) is 1.71. The summed E-state index contributed by atoms with van der Waals surface area (Å²) >= 11 is 3.58. The standard InChI is InChI=1S/C16H25BrN2O/c1-3-9-19(14-5-4-8-18-11-14)12-13-6-7-16(20-2)15(17)10-13/h6-7,10,14,18H,3-5,8-9,11-12H2,1-2H3. The molecule has 0 bridgehead atoms. The molecule has 1 fully saturated rings. The lowest BCUT2D eigenvalue weighted by molar-refractivity contribution is 0.158. The summed E-state index contributed by atoms with van der Waals surface area (Å²) < 4.78 is 6.34. The molecule has 0 spiro atoms. The number of nitrogens with zero attached hydrogens (tertiary/aromatic N) is 1. The minimum absolute atomic E-state index is 0.671. The Balaban J connectivity index is 2.04. The van der Waals surface area contributed by atoms with Gasteiger partial charge in [-0.25, -0.2) is 0 Å². The van der Waals surface area contributed by atoms with E-state index in [1.165, 1.54) is 31.4 Å². The van der Waals surface area contributed by atoms with Crippen LogP contribution in [0.2, 0.25) is 0 Å². The highest BCUT2D eigenvalue weighted by Crippen LogP contribution is 2.26. The Labute approximate surface area is 130 Å². The first-order valence-corrected chi connectivity index (χ1v) is 8.31.